The van der Waals surface area contributed by atoms with Crippen molar-refractivity contribution in [2.45, 2.75) is 0 Å². The summed E-state index contributed by atoms with van der Waals surface area (Å²) in [5, 5.41) is 0. The van der Waals surface area contributed by atoms with E-state index < -0.39 is 0 Å². The minimum atomic E-state index is 0.841. The zero-order valence-electron chi connectivity index (χ0n) is 33.6. The fraction of sp³-hybridized carbons (Fsp3) is 0. The van der Waals surface area contributed by atoms with Crippen LogP contribution >= 0.6 is 0 Å². The molecule has 1 heterocycles. The predicted molar refractivity (Wildman–Crippen MR) is 257 cm³/mol. The van der Waals surface area contributed by atoms with Crippen molar-refractivity contribution in [3.8, 4) is 77.9 Å². The van der Waals surface area contributed by atoms with Crippen LogP contribution in [-0.2, 0) is 0 Å². The molecule has 2 heteroatoms. The number of aromatic nitrogens is 1. The molecule has 0 fully saturated rings. The molecule has 61 heavy (non-hydrogen) atoms. The summed E-state index contributed by atoms with van der Waals surface area (Å²) in [4.78, 5) is 7.40. The molecule has 0 unspecified atom stereocenters. The molecule has 1 aromatic heterocycles. The maximum absolute atomic E-state index is 5.16. The molecule has 288 valence electrons. The number of hydrogen-bond acceptors (Lipinski definition) is 2. The van der Waals surface area contributed by atoms with Gasteiger partial charge in [-0.15, -0.1) is 0 Å². The van der Waals surface area contributed by atoms with Gasteiger partial charge < -0.3 is 0 Å². The van der Waals surface area contributed by atoms with Crippen molar-refractivity contribution in [1.29, 1.82) is 0 Å². The highest BCUT2D eigenvalue weighted by molar-refractivity contribution is 5.86. The first-order chi connectivity index (χ1) is 30.2. The molecule has 0 aliphatic rings. The van der Waals surface area contributed by atoms with Crippen molar-refractivity contribution in [3.63, 3.8) is 0 Å². The lowest BCUT2D eigenvalue weighted by molar-refractivity contribution is 1.18. The Balaban J connectivity index is 0.967. The van der Waals surface area contributed by atoms with Gasteiger partial charge in [0.1, 0.15) is 5.82 Å². The summed E-state index contributed by atoms with van der Waals surface area (Å²) in [6.45, 7) is 0. The third-order valence-electron chi connectivity index (χ3n) is 11.4. The highest BCUT2D eigenvalue weighted by Gasteiger charge is 2.16. The molecule has 0 amide bonds. The maximum atomic E-state index is 5.16. The normalized spacial score (nSPS) is 11.0. The van der Waals surface area contributed by atoms with Crippen LogP contribution in [0.3, 0.4) is 0 Å². The average molecular weight is 779 g/mol. The fourth-order valence-electron chi connectivity index (χ4n) is 8.13. The lowest BCUT2D eigenvalue weighted by Gasteiger charge is -2.25. The van der Waals surface area contributed by atoms with Gasteiger partial charge in [0.2, 0.25) is 0 Å². The van der Waals surface area contributed by atoms with Crippen molar-refractivity contribution >= 4 is 17.2 Å². The van der Waals surface area contributed by atoms with E-state index in [9.17, 15) is 0 Å². The Morgan fingerprint density at radius 2 is 0.475 bits per heavy atom. The summed E-state index contributed by atoms with van der Waals surface area (Å²) >= 11 is 0. The molecule has 0 spiro atoms. The van der Waals surface area contributed by atoms with Gasteiger partial charge in [-0.3, -0.25) is 4.90 Å². The number of rotatable bonds is 10. The van der Waals surface area contributed by atoms with Gasteiger partial charge in [-0.25, -0.2) is 4.98 Å². The van der Waals surface area contributed by atoms with E-state index >= 15 is 0 Å². The van der Waals surface area contributed by atoms with Crippen molar-refractivity contribution < 1.29 is 0 Å². The quantitative estimate of drug-likeness (QED) is 0.137. The molecule has 0 radical (unpaired) electrons. The Labute approximate surface area is 358 Å². The van der Waals surface area contributed by atoms with Crippen LogP contribution in [0, 0.1) is 0 Å². The van der Waals surface area contributed by atoms with Crippen LogP contribution < -0.4 is 4.90 Å². The zero-order valence-corrected chi connectivity index (χ0v) is 33.6. The van der Waals surface area contributed by atoms with E-state index in [4.69, 9.17) is 4.98 Å². The van der Waals surface area contributed by atoms with E-state index in [1.165, 1.54) is 55.6 Å². The third kappa shape index (κ3) is 8.04. The van der Waals surface area contributed by atoms with Gasteiger partial charge in [0.05, 0.1) is 0 Å². The molecule has 0 bridgehead atoms. The largest absolute Gasteiger partial charge is 0.295 e. The van der Waals surface area contributed by atoms with Crippen LogP contribution in [0.25, 0.3) is 77.9 Å². The number of hydrogen-bond donors (Lipinski definition) is 0. The average Bonchev–Trinajstić information content (AvgIpc) is 3.36. The summed E-state index contributed by atoms with van der Waals surface area (Å²) in [6, 6.07) is 88.5. The zero-order chi connectivity index (χ0) is 40.8. The Hall–Kier alpha value is -8.07. The number of anilines is 3. The maximum Gasteiger partial charge on any atom is 0.137 e. The highest BCUT2D eigenvalue weighted by Crippen LogP contribution is 2.39. The van der Waals surface area contributed by atoms with Crippen LogP contribution in [0.15, 0.2) is 255 Å². The lowest BCUT2D eigenvalue weighted by atomic mass is 9.94. The Morgan fingerprint density at radius 3 is 0.803 bits per heavy atom. The molecule has 0 aliphatic carbocycles. The highest BCUT2D eigenvalue weighted by atomic mass is 15.2. The van der Waals surface area contributed by atoms with E-state index in [1.807, 2.05) is 6.20 Å². The smallest absolute Gasteiger partial charge is 0.137 e. The summed E-state index contributed by atoms with van der Waals surface area (Å²) in [5.74, 6) is 0.841. The molecular formula is C59H42N2. The van der Waals surface area contributed by atoms with Crippen molar-refractivity contribution in [2.75, 3.05) is 4.90 Å². The molecule has 2 nitrogen and oxygen atoms in total. The Morgan fingerprint density at radius 1 is 0.213 bits per heavy atom. The first-order valence-electron chi connectivity index (χ1n) is 20.8. The second-order valence-corrected chi connectivity index (χ2v) is 15.2. The van der Waals surface area contributed by atoms with Crippen LogP contribution in [0.2, 0.25) is 0 Å². The SMILES string of the molecule is c1ccc(-c2ccc(-c3ccc(N(c4ccc(-c5ccc(-c6ccccc6)cc5)cc4)c4ccc(-c5ccccc5-c5ccc(-c6ccccc6)cc5)cn4)cc3)cc2)cc1. The first-order valence-corrected chi connectivity index (χ1v) is 20.8. The van der Waals surface area contributed by atoms with Crippen molar-refractivity contribution in [3.05, 3.63) is 255 Å². The second-order valence-electron chi connectivity index (χ2n) is 15.2. The molecule has 10 rings (SSSR count). The van der Waals surface area contributed by atoms with Gasteiger partial charge in [-0.2, -0.15) is 0 Å². The monoisotopic (exact) mass is 778 g/mol. The molecular weight excluding hydrogens is 737 g/mol. The fourth-order valence-corrected chi connectivity index (χ4v) is 8.13. The number of nitrogens with zero attached hydrogens (tertiary/aromatic N) is 2. The van der Waals surface area contributed by atoms with Gasteiger partial charge in [0.15, 0.2) is 0 Å². The number of pyridine rings is 1. The number of benzene rings is 9. The lowest BCUT2D eigenvalue weighted by Crippen LogP contribution is -2.11. The van der Waals surface area contributed by atoms with Gasteiger partial charge in [0, 0.05) is 23.1 Å². The van der Waals surface area contributed by atoms with Crippen LogP contribution in [-0.4, -0.2) is 4.98 Å². The van der Waals surface area contributed by atoms with Gasteiger partial charge >= 0.3 is 0 Å². The van der Waals surface area contributed by atoms with Crippen molar-refractivity contribution in [1.82, 2.24) is 4.98 Å². The third-order valence-corrected chi connectivity index (χ3v) is 11.4. The standard InChI is InChI=1S/C59H42N2/c1-4-12-43(13-5-1)46-20-24-49(25-21-46)51-32-37-55(38-33-51)61(56-39-34-52(35-40-56)50-26-22-47(23-27-50)44-14-6-2-7-15-44)59-41-36-54(42-60-59)58-19-11-10-18-57(58)53-30-28-48(29-31-53)45-16-8-3-9-17-45/h1-42H. The first kappa shape index (κ1) is 37.2. The summed E-state index contributed by atoms with van der Waals surface area (Å²) in [6.07, 6.45) is 2.00. The molecule has 0 atom stereocenters. The van der Waals surface area contributed by atoms with Crippen LogP contribution in [0.5, 0.6) is 0 Å². The van der Waals surface area contributed by atoms with Crippen molar-refractivity contribution in [2.24, 2.45) is 0 Å². The van der Waals surface area contributed by atoms with E-state index in [0.29, 0.717) is 0 Å². The second kappa shape index (κ2) is 17.0. The topological polar surface area (TPSA) is 16.1 Å². The predicted octanol–water partition coefficient (Wildman–Crippen LogP) is 16.2. The summed E-state index contributed by atoms with van der Waals surface area (Å²) < 4.78 is 0. The van der Waals surface area contributed by atoms with E-state index in [1.54, 1.807) is 0 Å². The van der Waals surface area contributed by atoms with Crippen LogP contribution in [0.4, 0.5) is 17.2 Å². The molecule has 0 aliphatic heterocycles. The van der Waals surface area contributed by atoms with Gasteiger partial charge in [0.25, 0.3) is 0 Å². The summed E-state index contributed by atoms with van der Waals surface area (Å²) in [7, 11) is 0. The van der Waals surface area contributed by atoms with Gasteiger partial charge in [-0.1, -0.05) is 212 Å². The summed E-state index contributed by atoms with van der Waals surface area (Å²) in [5.41, 5.74) is 18.6. The van der Waals surface area contributed by atoms with Gasteiger partial charge in [-0.05, 0) is 109 Å². The molecule has 0 saturated carbocycles. The van der Waals surface area contributed by atoms with E-state index in [2.05, 4.69) is 254 Å². The van der Waals surface area contributed by atoms with E-state index in [0.717, 1.165) is 39.4 Å². The molecule has 10 aromatic rings. The van der Waals surface area contributed by atoms with E-state index in [-0.39, 0.29) is 0 Å². The Kier molecular flexibility index (Phi) is 10.4. The van der Waals surface area contributed by atoms with Crippen LogP contribution in [0.1, 0.15) is 0 Å². The minimum absolute atomic E-state index is 0.841. The molecule has 0 N–H and O–H groups in total. The minimum Gasteiger partial charge on any atom is -0.295 e. The molecule has 0 saturated heterocycles. The Bertz CT molecular complexity index is 2850. The molecule has 9 aromatic carbocycles.